The molecule has 0 radical (unpaired) electrons. The number of aliphatic carboxylic acids is 2. The lowest BCUT2D eigenvalue weighted by Gasteiger charge is -2.29. The fourth-order valence-corrected chi connectivity index (χ4v) is 7.38. The lowest BCUT2D eigenvalue weighted by molar-refractivity contribution is -0.142. The van der Waals surface area contributed by atoms with Gasteiger partial charge in [-0.2, -0.15) is 0 Å². The summed E-state index contributed by atoms with van der Waals surface area (Å²) in [5.41, 5.74) is 17.0. The maximum absolute atomic E-state index is 14.0. The van der Waals surface area contributed by atoms with Gasteiger partial charge in [0.05, 0.1) is 25.9 Å². The van der Waals surface area contributed by atoms with Crippen molar-refractivity contribution in [3.8, 4) is 5.75 Å². The monoisotopic (exact) mass is 1140 g/mol. The van der Waals surface area contributed by atoms with Crippen LogP contribution in [-0.2, 0) is 64.0 Å². The Balaban J connectivity index is 3.33. The first-order valence-electron chi connectivity index (χ1n) is 25.7. The van der Waals surface area contributed by atoms with Gasteiger partial charge in [0, 0.05) is 19.3 Å². The van der Waals surface area contributed by atoms with Gasteiger partial charge in [-0.1, -0.05) is 39.8 Å². The first kappa shape index (κ1) is 70.4. The van der Waals surface area contributed by atoms with Gasteiger partial charge in [-0.3, -0.25) is 52.7 Å². The number of aliphatic hydroxyl groups excluding tert-OH is 4. The minimum Gasteiger partial charge on any atom is -0.508 e. The maximum Gasteiger partial charge on any atom is 0.326 e. The number of primary amides is 1. The van der Waals surface area contributed by atoms with Gasteiger partial charge < -0.3 is 101 Å². The summed E-state index contributed by atoms with van der Waals surface area (Å²) in [4.78, 5) is 157. The molecule has 31 heteroatoms. The molecule has 0 unspecified atom stereocenters. The number of carbonyl (C=O) groups excluding carboxylic acids is 10. The van der Waals surface area contributed by atoms with Crippen LogP contribution in [0.4, 0.5) is 0 Å². The van der Waals surface area contributed by atoms with Crippen LogP contribution in [0, 0.1) is 11.8 Å². The second-order valence-corrected chi connectivity index (χ2v) is 19.6. The molecule has 1 rings (SSSR count). The van der Waals surface area contributed by atoms with Gasteiger partial charge >= 0.3 is 11.9 Å². The summed E-state index contributed by atoms with van der Waals surface area (Å²) in [5, 5.41) is 89.5. The minimum absolute atomic E-state index is 0.0992. The van der Waals surface area contributed by atoms with Gasteiger partial charge in [0.15, 0.2) is 0 Å². The highest BCUT2D eigenvalue weighted by Gasteiger charge is 2.36. The van der Waals surface area contributed by atoms with Gasteiger partial charge in [-0.05, 0) is 81.5 Å². The number of aliphatic hydroxyl groups is 4. The van der Waals surface area contributed by atoms with Crippen LogP contribution in [0.3, 0.4) is 0 Å². The number of nitrogens with one attached hydrogen (secondary N) is 9. The Labute approximate surface area is 461 Å². The van der Waals surface area contributed by atoms with Crippen LogP contribution in [0.25, 0.3) is 0 Å². The number of carbonyl (C=O) groups is 12. The Morgan fingerprint density at radius 3 is 1.30 bits per heavy atom. The van der Waals surface area contributed by atoms with Crippen LogP contribution in [-0.4, -0.2) is 200 Å². The summed E-state index contributed by atoms with van der Waals surface area (Å²) >= 11 is 0. The van der Waals surface area contributed by atoms with E-state index in [4.69, 9.17) is 17.2 Å². The van der Waals surface area contributed by atoms with Crippen molar-refractivity contribution in [1.82, 2.24) is 47.9 Å². The number of unbranched alkanes of at least 4 members (excludes halogenated alkanes) is 1. The first-order chi connectivity index (χ1) is 37.5. The molecule has 0 bridgehead atoms. The Hall–Kier alpha value is -7.58. The molecule has 1 aromatic carbocycles. The van der Waals surface area contributed by atoms with Crippen LogP contribution in [0.1, 0.15) is 91.5 Å². The molecule has 31 nitrogen and oxygen atoms in total. The molecular formula is C49H80N12O19. The average Bonchev–Trinajstić information content (AvgIpc) is 3.38. The highest BCUT2D eigenvalue weighted by atomic mass is 16.4. The Morgan fingerprint density at radius 2 is 0.887 bits per heavy atom. The standard InChI is InChI=1S/C49H80N12O19/c1-23(2)18-31(43(73)59-35(22-64)46(76)60-34(21-63)45(75)57-32(49(79)80)19-26-9-11-27(66)12-10-26)56-44(74)33(20-62)58-41(71)30(14-16-37(68)69)53-40(70)28(8-6-7-17-50)55-48(78)39(24(3)4)61-42(72)29(13-15-36(51)67)54-47(77)38(52)25(5)65/h9-12,23-25,28-35,38-39,62-66H,6-8,13-22,50,52H2,1-5H3,(H2,51,67)(H,53,70)(H,54,77)(H,55,78)(H,56,74)(H,57,75)(H,58,71)(H,59,73)(H,60,76)(H,61,72)(H,68,69)(H,79,80)/t25-,28+,29+,30+,31+,32+,33+,34+,35+,38+,39+/m1/s1. The molecule has 1 aromatic rings. The quantitative estimate of drug-likeness (QED) is 0.0274. The van der Waals surface area contributed by atoms with Crippen molar-refractivity contribution in [2.45, 2.75) is 159 Å². The number of hydrogen-bond donors (Lipinski definition) is 19. The minimum atomic E-state index is -1.89. The molecule has 0 aliphatic carbocycles. The molecule has 10 amide bonds. The van der Waals surface area contributed by atoms with E-state index in [1.165, 1.54) is 45.0 Å². The SMILES string of the molecule is CC(C)C[C@H](NC(=O)[C@H](CO)NC(=O)[C@H](CCC(=O)O)NC(=O)[C@H](CCCCN)NC(=O)[C@@H](NC(=O)[C@H](CCC(N)=O)NC(=O)[C@@H](N)[C@@H](C)O)C(C)C)C(=O)N[C@@H](CO)C(=O)N[C@@H](CO)C(=O)N[C@@H](Cc1ccc(O)cc1)C(=O)O. The third-order valence-electron chi connectivity index (χ3n) is 12.0. The van der Waals surface area contributed by atoms with Crippen LogP contribution >= 0.6 is 0 Å². The normalized spacial score (nSPS) is 15.3. The topological polar surface area (TPSA) is 533 Å². The number of phenolic OH excluding ortho intramolecular Hbond substituents is 1. The highest BCUT2D eigenvalue weighted by molar-refractivity contribution is 5.99. The number of aromatic hydroxyl groups is 1. The zero-order valence-electron chi connectivity index (χ0n) is 45.3. The van der Waals surface area contributed by atoms with E-state index >= 15 is 0 Å². The van der Waals surface area contributed by atoms with E-state index in [0.717, 1.165) is 0 Å². The molecule has 0 heterocycles. The highest BCUT2D eigenvalue weighted by Crippen LogP contribution is 2.13. The Bertz CT molecular complexity index is 2270. The largest absolute Gasteiger partial charge is 0.508 e. The van der Waals surface area contributed by atoms with E-state index in [-0.39, 0.29) is 56.7 Å². The van der Waals surface area contributed by atoms with Gasteiger partial charge in [0.25, 0.3) is 0 Å². The average molecular weight is 1140 g/mol. The summed E-state index contributed by atoms with van der Waals surface area (Å²) in [5.74, 6) is -14.7. The number of benzene rings is 1. The fraction of sp³-hybridized carbons (Fsp3) is 0.633. The first-order valence-corrected chi connectivity index (χ1v) is 25.7. The number of carboxylic acids is 2. The summed E-state index contributed by atoms with van der Waals surface area (Å²) in [6.45, 7) is 4.39. The van der Waals surface area contributed by atoms with Crippen molar-refractivity contribution >= 4 is 71.0 Å². The lowest BCUT2D eigenvalue weighted by atomic mass is 10.00. The zero-order valence-corrected chi connectivity index (χ0v) is 45.3. The maximum atomic E-state index is 14.0. The van der Waals surface area contributed by atoms with E-state index in [0.29, 0.717) is 12.0 Å². The second kappa shape index (κ2) is 35.8. The molecule has 11 atom stereocenters. The van der Waals surface area contributed by atoms with Gasteiger partial charge in [-0.25, -0.2) is 4.79 Å². The molecular weight excluding hydrogens is 1060 g/mol. The molecule has 0 aliphatic rings. The molecule has 80 heavy (non-hydrogen) atoms. The molecule has 450 valence electrons. The number of rotatable bonds is 38. The number of hydrogen-bond acceptors (Lipinski definition) is 19. The number of phenols is 1. The molecule has 0 aromatic heterocycles. The molecule has 0 saturated heterocycles. The van der Waals surface area contributed by atoms with Gasteiger partial charge in [0.2, 0.25) is 59.1 Å². The van der Waals surface area contributed by atoms with Crippen molar-refractivity contribution in [2.75, 3.05) is 26.4 Å². The van der Waals surface area contributed by atoms with Crippen LogP contribution in [0.5, 0.6) is 5.75 Å². The summed E-state index contributed by atoms with van der Waals surface area (Å²) < 4.78 is 0. The number of nitrogens with two attached hydrogens (primary N) is 3. The molecule has 0 spiro atoms. The van der Waals surface area contributed by atoms with E-state index in [1.54, 1.807) is 13.8 Å². The van der Waals surface area contributed by atoms with Crippen molar-refractivity contribution in [3.05, 3.63) is 29.8 Å². The zero-order chi connectivity index (χ0) is 61.0. The van der Waals surface area contributed by atoms with Crippen LogP contribution in [0.15, 0.2) is 24.3 Å². The fourth-order valence-electron chi connectivity index (χ4n) is 7.38. The summed E-state index contributed by atoms with van der Waals surface area (Å²) in [6, 6.07) is -10.9. The van der Waals surface area contributed by atoms with Crippen molar-refractivity contribution < 1.29 is 93.3 Å². The lowest BCUT2D eigenvalue weighted by Crippen LogP contribution is -2.62. The van der Waals surface area contributed by atoms with E-state index in [1.807, 2.05) is 0 Å². The summed E-state index contributed by atoms with van der Waals surface area (Å²) in [7, 11) is 0. The smallest absolute Gasteiger partial charge is 0.326 e. The third-order valence-corrected chi connectivity index (χ3v) is 12.0. The van der Waals surface area contributed by atoms with E-state index < -0.39 is 176 Å². The van der Waals surface area contributed by atoms with Gasteiger partial charge in [0.1, 0.15) is 66.2 Å². The molecule has 0 fully saturated rings. The molecule has 22 N–H and O–H groups in total. The molecule has 0 aliphatic heterocycles. The second-order valence-electron chi connectivity index (χ2n) is 19.6. The van der Waals surface area contributed by atoms with Crippen LogP contribution < -0.4 is 65.1 Å². The predicted octanol–water partition coefficient (Wildman–Crippen LogP) is -6.97. The van der Waals surface area contributed by atoms with Crippen molar-refractivity contribution in [1.29, 1.82) is 0 Å². The number of carboxylic acid groups (broad SMARTS) is 2. The van der Waals surface area contributed by atoms with Crippen molar-refractivity contribution in [2.24, 2.45) is 29.0 Å². The van der Waals surface area contributed by atoms with E-state index in [2.05, 4.69) is 47.9 Å². The predicted molar refractivity (Wildman–Crippen MR) is 280 cm³/mol. The van der Waals surface area contributed by atoms with Crippen LogP contribution in [0.2, 0.25) is 0 Å². The van der Waals surface area contributed by atoms with E-state index in [9.17, 15) is 93.3 Å². The number of amides is 10. The Morgan fingerprint density at radius 1 is 0.500 bits per heavy atom. The third kappa shape index (κ3) is 25.5. The molecule has 0 saturated carbocycles. The summed E-state index contributed by atoms with van der Waals surface area (Å²) in [6.07, 6.45) is -3.41. The Kier molecular flexibility index (Phi) is 31.5. The van der Waals surface area contributed by atoms with Gasteiger partial charge in [-0.15, -0.1) is 0 Å². The van der Waals surface area contributed by atoms with Crippen molar-refractivity contribution in [3.63, 3.8) is 0 Å².